The van der Waals surface area contributed by atoms with E-state index in [1.165, 1.54) is 6.92 Å². The largest absolute Gasteiger partial charge is 0.312 e. The first-order chi connectivity index (χ1) is 12.6. The molecule has 5 rings (SSSR count). The molecule has 4 heteroatoms. The minimum Gasteiger partial charge on any atom is -0.312 e. The maximum absolute atomic E-state index is 13.2. The lowest BCUT2D eigenvalue weighted by Crippen LogP contribution is -2.22. The van der Waals surface area contributed by atoms with Crippen molar-refractivity contribution in [3.05, 3.63) is 88.7 Å². The lowest BCUT2D eigenvalue weighted by molar-refractivity contribution is 0.0967. The van der Waals surface area contributed by atoms with Gasteiger partial charge in [-0.1, -0.05) is 48.5 Å². The number of hydrogen-bond acceptors (Lipinski definition) is 3. The van der Waals surface area contributed by atoms with Crippen LogP contribution in [-0.4, -0.2) is 21.8 Å². The van der Waals surface area contributed by atoms with Crippen molar-refractivity contribution in [2.75, 3.05) is 0 Å². The van der Waals surface area contributed by atoms with Gasteiger partial charge in [-0.3, -0.25) is 14.4 Å². The Bertz CT molecular complexity index is 1290. The Balaban J connectivity index is 2.00. The molecule has 0 amide bonds. The molecule has 0 aliphatic heterocycles. The number of pyridine rings is 1. The lowest BCUT2D eigenvalue weighted by atomic mass is 9.85. The van der Waals surface area contributed by atoms with Gasteiger partial charge in [-0.25, -0.2) is 0 Å². The maximum Gasteiger partial charge on any atom is 0.211 e. The molecule has 0 spiro atoms. The Morgan fingerprint density at radius 3 is 2.15 bits per heavy atom. The Morgan fingerprint density at radius 2 is 1.46 bits per heavy atom. The smallest absolute Gasteiger partial charge is 0.211 e. The molecule has 1 aliphatic rings. The standard InChI is InChI=1S/C22H13NO3/c1-12(24)18-17-10-13-6-2-3-7-14(13)11-23(17)20-19(18)21(25)15-8-4-5-9-16(15)22(20)26/h2-11H,1H3. The van der Waals surface area contributed by atoms with Crippen LogP contribution in [0.1, 0.15) is 49.3 Å². The monoisotopic (exact) mass is 339 g/mol. The zero-order chi connectivity index (χ0) is 18.0. The minimum atomic E-state index is -0.270. The van der Waals surface area contributed by atoms with Crippen molar-refractivity contribution >= 4 is 33.6 Å². The van der Waals surface area contributed by atoms with Gasteiger partial charge in [0.25, 0.3) is 0 Å². The summed E-state index contributed by atoms with van der Waals surface area (Å²) < 4.78 is 1.70. The van der Waals surface area contributed by atoms with E-state index in [4.69, 9.17) is 0 Å². The molecule has 2 aromatic heterocycles. The van der Waals surface area contributed by atoms with Crippen LogP contribution in [0, 0.1) is 0 Å². The zero-order valence-electron chi connectivity index (χ0n) is 13.9. The van der Waals surface area contributed by atoms with E-state index in [1.54, 1.807) is 28.7 Å². The third-order valence-electron chi connectivity index (χ3n) is 5.01. The maximum atomic E-state index is 13.2. The molecule has 4 nitrogen and oxygen atoms in total. The van der Waals surface area contributed by atoms with Gasteiger partial charge >= 0.3 is 0 Å². The molecule has 0 saturated heterocycles. The van der Waals surface area contributed by atoms with Gasteiger partial charge in [0, 0.05) is 17.3 Å². The summed E-state index contributed by atoms with van der Waals surface area (Å²) in [6, 6.07) is 16.4. The molecule has 1 aliphatic carbocycles. The van der Waals surface area contributed by atoms with Gasteiger partial charge in [0.2, 0.25) is 5.78 Å². The summed E-state index contributed by atoms with van der Waals surface area (Å²) in [4.78, 5) is 38.7. The Morgan fingerprint density at radius 1 is 0.846 bits per heavy atom. The summed E-state index contributed by atoms with van der Waals surface area (Å²) in [6.45, 7) is 1.43. The van der Waals surface area contributed by atoms with Crippen LogP contribution < -0.4 is 0 Å². The summed E-state index contributed by atoms with van der Waals surface area (Å²) in [5.41, 5.74) is 2.14. The highest BCUT2D eigenvalue weighted by Gasteiger charge is 2.36. The predicted molar refractivity (Wildman–Crippen MR) is 98.2 cm³/mol. The van der Waals surface area contributed by atoms with Gasteiger partial charge in [0.1, 0.15) is 5.69 Å². The van der Waals surface area contributed by atoms with Crippen molar-refractivity contribution in [3.63, 3.8) is 0 Å². The van der Waals surface area contributed by atoms with Crippen LogP contribution in [0.15, 0.2) is 60.8 Å². The number of carbonyl (C=O) groups excluding carboxylic acids is 3. The second kappa shape index (κ2) is 4.99. The SMILES string of the molecule is CC(=O)c1c2c(n3cc4ccccc4cc13)C(=O)c1ccccc1C2=O. The van der Waals surface area contributed by atoms with Gasteiger partial charge < -0.3 is 4.40 Å². The molecular formula is C22H13NO3. The van der Waals surface area contributed by atoms with Gasteiger partial charge in [-0.15, -0.1) is 0 Å². The molecule has 0 N–H and O–H groups in total. The molecule has 26 heavy (non-hydrogen) atoms. The van der Waals surface area contributed by atoms with Crippen LogP contribution in [0.25, 0.3) is 16.3 Å². The van der Waals surface area contributed by atoms with Crippen molar-refractivity contribution in [1.29, 1.82) is 0 Å². The average Bonchev–Trinajstić information content (AvgIpc) is 2.99. The molecule has 4 aromatic rings. The highest BCUT2D eigenvalue weighted by molar-refractivity contribution is 6.32. The van der Waals surface area contributed by atoms with Gasteiger partial charge in [-0.2, -0.15) is 0 Å². The first-order valence-electron chi connectivity index (χ1n) is 8.34. The topological polar surface area (TPSA) is 55.6 Å². The van der Waals surface area contributed by atoms with Crippen molar-refractivity contribution in [1.82, 2.24) is 4.40 Å². The minimum absolute atomic E-state index is 0.219. The van der Waals surface area contributed by atoms with Crippen molar-refractivity contribution in [2.24, 2.45) is 0 Å². The Kier molecular flexibility index (Phi) is 2.84. The fourth-order valence-electron chi connectivity index (χ4n) is 3.87. The summed E-state index contributed by atoms with van der Waals surface area (Å²) in [5.74, 6) is -0.722. The number of Topliss-reactive ketones (excluding diaryl/α,β-unsaturated/α-hetero) is 1. The van der Waals surface area contributed by atoms with Gasteiger partial charge in [-0.05, 0) is 23.8 Å². The number of benzene rings is 2. The predicted octanol–water partition coefficient (Wildman–Crippen LogP) is 4.07. The second-order valence-corrected chi connectivity index (χ2v) is 6.52. The Hall–Kier alpha value is -3.53. The fraction of sp³-hybridized carbons (Fsp3) is 0.0455. The molecule has 0 bridgehead atoms. The molecule has 0 fully saturated rings. The number of fused-ring (bicyclic) bond motifs is 5. The van der Waals surface area contributed by atoms with Crippen molar-refractivity contribution in [3.8, 4) is 0 Å². The number of nitrogens with zero attached hydrogens (tertiary/aromatic N) is 1. The van der Waals surface area contributed by atoms with Crippen LogP contribution in [0.4, 0.5) is 0 Å². The van der Waals surface area contributed by atoms with Crippen LogP contribution in [0.3, 0.4) is 0 Å². The molecule has 0 saturated carbocycles. The quantitative estimate of drug-likeness (QED) is 0.433. The van der Waals surface area contributed by atoms with E-state index in [0.717, 1.165) is 10.8 Å². The van der Waals surface area contributed by atoms with E-state index in [2.05, 4.69) is 0 Å². The molecule has 124 valence electrons. The number of hydrogen-bond donors (Lipinski definition) is 0. The van der Waals surface area contributed by atoms with E-state index in [-0.39, 0.29) is 28.6 Å². The van der Waals surface area contributed by atoms with Crippen LogP contribution >= 0.6 is 0 Å². The van der Waals surface area contributed by atoms with Crippen molar-refractivity contribution in [2.45, 2.75) is 6.92 Å². The van der Waals surface area contributed by atoms with E-state index < -0.39 is 0 Å². The normalized spacial score (nSPS) is 13.1. The number of rotatable bonds is 1. The van der Waals surface area contributed by atoms with Crippen LogP contribution in [0.5, 0.6) is 0 Å². The first-order valence-corrected chi connectivity index (χ1v) is 8.34. The highest BCUT2D eigenvalue weighted by atomic mass is 16.1. The van der Waals surface area contributed by atoms with E-state index in [1.807, 2.05) is 36.5 Å². The van der Waals surface area contributed by atoms with Gasteiger partial charge in [0.15, 0.2) is 11.6 Å². The summed E-state index contributed by atoms with van der Waals surface area (Å²) in [5, 5.41) is 1.89. The van der Waals surface area contributed by atoms with E-state index >= 15 is 0 Å². The molecular weight excluding hydrogens is 326 g/mol. The molecule has 0 radical (unpaired) electrons. The van der Waals surface area contributed by atoms with Gasteiger partial charge in [0.05, 0.1) is 16.6 Å². The van der Waals surface area contributed by atoms with E-state index in [9.17, 15) is 14.4 Å². The molecule has 0 atom stereocenters. The molecule has 2 aromatic carbocycles. The first kappa shape index (κ1) is 14.8. The average molecular weight is 339 g/mol. The second-order valence-electron chi connectivity index (χ2n) is 6.52. The number of ketones is 3. The highest BCUT2D eigenvalue weighted by Crippen LogP contribution is 2.35. The molecule has 0 unspecified atom stereocenters. The number of aromatic nitrogens is 1. The Labute approximate surface area is 148 Å². The fourth-order valence-corrected chi connectivity index (χ4v) is 3.87. The molecule has 2 heterocycles. The van der Waals surface area contributed by atoms with Crippen LogP contribution in [-0.2, 0) is 0 Å². The third kappa shape index (κ3) is 1.76. The zero-order valence-corrected chi connectivity index (χ0v) is 13.9. The third-order valence-corrected chi connectivity index (χ3v) is 5.01. The van der Waals surface area contributed by atoms with Crippen LogP contribution in [0.2, 0.25) is 0 Å². The summed E-state index contributed by atoms with van der Waals surface area (Å²) in [7, 11) is 0. The number of carbonyl (C=O) groups is 3. The summed E-state index contributed by atoms with van der Waals surface area (Å²) >= 11 is 0. The van der Waals surface area contributed by atoms with Crippen molar-refractivity contribution < 1.29 is 14.4 Å². The van der Waals surface area contributed by atoms with E-state index in [0.29, 0.717) is 22.2 Å². The summed E-state index contributed by atoms with van der Waals surface area (Å²) in [6.07, 6.45) is 1.83. The lowest BCUT2D eigenvalue weighted by Gasteiger charge is -2.15.